The minimum atomic E-state index is 0.763. The molecule has 2 rings (SSSR count). The van der Waals surface area contributed by atoms with E-state index >= 15 is 0 Å². The summed E-state index contributed by atoms with van der Waals surface area (Å²) >= 11 is 7.26. The molecule has 0 aliphatic heterocycles. The van der Waals surface area contributed by atoms with Gasteiger partial charge in [-0.3, -0.25) is 0 Å². The Morgan fingerprint density at radius 2 is 2.33 bits per heavy atom. The Hall–Kier alpha value is -0.800. The third-order valence-corrected chi connectivity index (χ3v) is 2.57. The first kappa shape index (κ1) is 7.83. The lowest BCUT2D eigenvalue weighted by molar-refractivity contribution is 0.427. The topological polar surface area (TPSA) is 26.0 Å². The zero-order chi connectivity index (χ0) is 8.55. The van der Waals surface area contributed by atoms with Crippen LogP contribution >= 0.6 is 22.9 Å². The van der Waals surface area contributed by atoms with Crippen LogP contribution in [0, 0.1) is 6.92 Å². The smallest absolute Gasteiger partial charge is 0.167 e. The molecule has 62 valence electrons. The van der Waals surface area contributed by atoms with E-state index in [-0.39, 0.29) is 0 Å². The monoisotopic (exact) mass is 199 g/mol. The van der Waals surface area contributed by atoms with Gasteiger partial charge < -0.3 is 4.52 Å². The van der Waals surface area contributed by atoms with Crippen LogP contribution in [0.15, 0.2) is 22.0 Å². The normalized spacial score (nSPS) is 10.5. The summed E-state index contributed by atoms with van der Waals surface area (Å²) in [6.45, 7) is 1.89. The van der Waals surface area contributed by atoms with E-state index in [9.17, 15) is 0 Å². The summed E-state index contributed by atoms with van der Waals surface area (Å²) in [5, 5.41) is 5.74. The summed E-state index contributed by atoms with van der Waals surface area (Å²) in [6.07, 6.45) is 0. The molecule has 0 N–H and O–H groups in total. The van der Waals surface area contributed by atoms with Crippen molar-refractivity contribution in [3.05, 3.63) is 27.5 Å². The van der Waals surface area contributed by atoms with Crippen molar-refractivity contribution >= 4 is 22.9 Å². The van der Waals surface area contributed by atoms with E-state index in [2.05, 4.69) is 5.16 Å². The highest BCUT2D eigenvalue weighted by Gasteiger charge is 2.05. The predicted molar refractivity (Wildman–Crippen MR) is 49.6 cm³/mol. The Balaban J connectivity index is 2.43. The van der Waals surface area contributed by atoms with E-state index in [0.29, 0.717) is 0 Å². The van der Waals surface area contributed by atoms with Crippen LogP contribution in [0.25, 0.3) is 11.3 Å². The van der Waals surface area contributed by atoms with Crippen molar-refractivity contribution in [1.82, 2.24) is 5.16 Å². The summed E-state index contributed by atoms with van der Waals surface area (Å²) in [4.78, 5) is 0. The van der Waals surface area contributed by atoms with Crippen molar-refractivity contribution in [1.29, 1.82) is 0 Å². The molecule has 2 heterocycles. The summed E-state index contributed by atoms with van der Waals surface area (Å²) < 4.78 is 5.82. The lowest BCUT2D eigenvalue weighted by Crippen LogP contribution is -1.63. The fourth-order valence-electron chi connectivity index (χ4n) is 0.939. The van der Waals surface area contributed by atoms with Gasteiger partial charge >= 0.3 is 0 Å². The lowest BCUT2D eigenvalue weighted by atomic mass is 10.2. The number of rotatable bonds is 1. The van der Waals surface area contributed by atoms with Crippen molar-refractivity contribution in [2.75, 3.05) is 0 Å². The van der Waals surface area contributed by atoms with E-state index < -0.39 is 0 Å². The largest absolute Gasteiger partial charge is 0.356 e. The highest BCUT2D eigenvalue weighted by atomic mass is 35.5. The molecule has 0 saturated carbocycles. The molecule has 2 aromatic rings. The third-order valence-electron chi connectivity index (χ3n) is 1.48. The standard InChI is InChI=1S/C8H6ClNOS/c1-5-2-7(11-10-5)6-3-8(9)12-4-6/h2-4H,1H3. The van der Waals surface area contributed by atoms with Gasteiger partial charge in [-0.1, -0.05) is 16.8 Å². The van der Waals surface area contributed by atoms with Gasteiger partial charge in [-0.15, -0.1) is 11.3 Å². The Morgan fingerprint density at radius 1 is 1.50 bits per heavy atom. The van der Waals surface area contributed by atoms with Crippen LogP contribution < -0.4 is 0 Å². The van der Waals surface area contributed by atoms with E-state index in [1.165, 1.54) is 11.3 Å². The molecule has 0 unspecified atom stereocenters. The van der Waals surface area contributed by atoms with Crippen LogP contribution in [0.2, 0.25) is 4.34 Å². The van der Waals surface area contributed by atoms with Crippen molar-refractivity contribution in [2.24, 2.45) is 0 Å². The highest BCUT2D eigenvalue weighted by molar-refractivity contribution is 7.14. The van der Waals surface area contributed by atoms with Gasteiger partial charge in [0.15, 0.2) is 5.76 Å². The Kier molecular flexibility index (Phi) is 1.90. The Bertz CT molecular complexity index is 355. The molecule has 2 aromatic heterocycles. The SMILES string of the molecule is Cc1cc(-c2csc(Cl)c2)on1. The molecule has 2 nitrogen and oxygen atoms in total. The van der Waals surface area contributed by atoms with E-state index in [0.717, 1.165) is 21.4 Å². The zero-order valence-electron chi connectivity index (χ0n) is 6.37. The third kappa shape index (κ3) is 1.38. The maximum absolute atomic E-state index is 5.77. The maximum atomic E-state index is 5.77. The molecule has 0 bridgehead atoms. The molecule has 4 heteroatoms. The fraction of sp³-hybridized carbons (Fsp3) is 0.125. The van der Waals surface area contributed by atoms with Gasteiger partial charge in [0.1, 0.15) is 0 Å². The average Bonchev–Trinajstić information content (AvgIpc) is 2.58. The van der Waals surface area contributed by atoms with Crippen molar-refractivity contribution in [3.8, 4) is 11.3 Å². The number of aryl methyl sites for hydroxylation is 1. The van der Waals surface area contributed by atoms with Crippen LogP contribution in [-0.4, -0.2) is 5.16 Å². The molecule has 0 spiro atoms. The second kappa shape index (κ2) is 2.92. The quantitative estimate of drug-likeness (QED) is 0.704. The number of hydrogen-bond acceptors (Lipinski definition) is 3. The highest BCUT2D eigenvalue weighted by Crippen LogP contribution is 2.28. The van der Waals surface area contributed by atoms with Gasteiger partial charge in [0.2, 0.25) is 0 Å². The second-order valence-electron chi connectivity index (χ2n) is 2.47. The van der Waals surface area contributed by atoms with Crippen LogP contribution in [0.4, 0.5) is 0 Å². The molecule has 0 aliphatic rings. The lowest BCUT2D eigenvalue weighted by Gasteiger charge is -1.83. The summed E-state index contributed by atoms with van der Waals surface area (Å²) in [5.41, 5.74) is 1.87. The summed E-state index contributed by atoms with van der Waals surface area (Å²) in [7, 11) is 0. The minimum Gasteiger partial charge on any atom is -0.356 e. The van der Waals surface area contributed by atoms with E-state index in [1.807, 2.05) is 24.4 Å². The van der Waals surface area contributed by atoms with Gasteiger partial charge in [-0.2, -0.15) is 0 Å². The molecule has 0 saturated heterocycles. The first-order valence-electron chi connectivity index (χ1n) is 3.43. The molecule has 12 heavy (non-hydrogen) atoms. The van der Waals surface area contributed by atoms with Crippen LogP contribution in [0.3, 0.4) is 0 Å². The van der Waals surface area contributed by atoms with Crippen LogP contribution in [-0.2, 0) is 0 Å². The number of nitrogens with zero attached hydrogens (tertiary/aromatic N) is 1. The fourth-order valence-corrected chi connectivity index (χ4v) is 1.81. The van der Waals surface area contributed by atoms with Gasteiger partial charge in [-0.05, 0) is 13.0 Å². The Morgan fingerprint density at radius 3 is 2.83 bits per heavy atom. The first-order chi connectivity index (χ1) is 5.75. The molecular formula is C8H6ClNOS. The van der Waals surface area contributed by atoms with E-state index in [1.54, 1.807) is 0 Å². The van der Waals surface area contributed by atoms with Gasteiger partial charge in [0.05, 0.1) is 10.0 Å². The van der Waals surface area contributed by atoms with Crippen molar-refractivity contribution in [2.45, 2.75) is 6.92 Å². The molecule has 0 amide bonds. The number of aromatic nitrogens is 1. The molecule has 0 atom stereocenters. The predicted octanol–water partition coefficient (Wildman–Crippen LogP) is 3.36. The van der Waals surface area contributed by atoms with Gasteiger partial charge in [-0.25, -0.2) is 0 Å². The van der Waals surface area contributed by atoms with Crippen molar-refractivity contribution in [3.63, 3.8) is 0 Å². The number of thiophene rings is 1. The Labute approximate surface area is 78.8 Å². The molecule has 0 fully saturated rings. The molecular weight excluding hydrogens is 194 g/mol. The number of hydrogen-bond donors (Lipinski definition) is 0. The maximum Gasteiger partial charge on any atom is 0.167 e. The summed E-state index contributed by atoms with van der Waals surface area (Å²) in [5.74, 6) is 0.774. The van der Waals surface area contributed by atoms with Crippen molar-refractivity contribution < 1.29 is 4.52 Å². The van der Waals surface area contributed by atoms with Crippen LogP contribution in [0.1, 0.15) is 5.69 Å². The van der Waals surface area contributed by atoms with Crippen LogP contribution in [0.5, 0.6) is 0 Å². The molecule has 0 radical (unpaired) electrons. The first-order valence-corrected chi connectivity index (χ1v) is 4.69. The zero-order valence-corrected chi connectivity index (χ0v) is 7.95. The van der Waals surface area contributed by atoms with Gasteiger partial charge in [0, 0.05) is 17.0 Å². The van der Waals surface area contributed by atoms with E-state index in [4.69, 9.17) is 16.1 Å². The average molecular weight is 200 g/mol. The molecule has 0 aliphatic carbocycles. The minimum absolute atomic E-state index is 0.763. The second-order valence-corrected chi connectivity index (χ2v) is 4.01. The number of halogens is 1. The summed E-state index contributed by atoms with van der Waals surface area (Å²) in [6, 6.07) is 3.75. The van der Waals surface area contributed by atoms with Gasteiger partial charge in [0.25, 0.3) is 0 Å². The molecule has 0 aromatic carbocycles.